The quantitative estimate of drug-likeness (QED) is 0.744. The molecule has 1 aliphatic heterocycles. The lowest BCUT2D eigenvalue weighted by molar-refractivity contribution is -0.122. The highest BCUT2D eigenvalue weighted by atomic mass is 32.1. The van der Waals surface area contributed by atoms with Crippen LogP contribution in [0.3, 0.4) is 0 Å². The number of aryl methyl sites for hydroxylation is 3. The molecule has 0 spiro atoms. The zero-order valence-corrected chi connectivity index (χ0v) is 17.5. The molecule has 5 heteroatoms. The van der Waals surface area contributed by atoms with Crippen LogP contribution in [0.25, 0.3) is 0 Å². The predicted octanol–water partition coefficient (Wildman–Crippen LogP) is 4.21. The van der Waals surface area contributed by atoms with Gasteiger partial charge in [0.05, 0.1) is 0 Å². The van der Waals surface area contributed by atoms with E-state index in [-0.39, 0.29) is 11.9 Å². The van der Waals surface area contributed by atoms with Gasteiger partial charge in [-0.15, -0.1) is 0 Å². The molecular weight excluding hydrogens is 366 g/mol. The van der Waals surface area contributed by atoms with Crippen LogP contribution >= 0.6 is 12.2 Å². The van der Waals surface area contributed by atoms with Crippen molar-refractivity contribution >= 4 is 28.9 Å². The number of hydrogen-bond acceptors (Lipinski definition) is 2. The molecule has 148 valence electrons. The van der Waals surface area contributed by atoms with E-state index < -0.39 is 0 Å². The van der Waals surface area contributed by atoms with Crippen molar-refractivity contribution in [1.82, 2.24) is 10.2 Å². The van der Waals surface area contributed by atoms with E-state index in [0.717, 1.165) is 43.2 Å². The SMILES string of the molecule is Cc1ccc(NC(=S)N2CCC(NC(=O)CCc3ccccc3)CC2)cc1C. The number of nitrogens with zero attached hydrogens (tertiary/aromatic N) is 1. The van der Waals surface area contributed by atoms with Crippen molar-refractivity contribution in [3.05, 3.63) is 65.2 Å². The van der Waals surface area contributed by atoms with E-state index in [1.807, 2.05) is 18.2 Å². The Bertz CT molecular complexity index is 814. The maximum absolute atomic E-state index is 12.2. The second-order valence-electron chi connectivity index (χ2n) is 7.54. The summed E-state index contributed by atoms with van der Waals surface area (Å²) in [6.07, 6.45) is 3.17. The normalized spacial score (nSPS) is 14.6. The van der Waals surface area contributed by atoms with Gasteiger partial charge in [0, 0.05) is 31.2 Å². The first-order chi connectivity index (χ1) is 13.5. The highest BCUT2D eigenvalue weighted by Gasteiger charge is 2.22. The number of carbonyl (C=O) groups excluding carboxylic acids is 1. The Morgan fingerprint density at radius 2 is 1.79 bits per heavy atom. The molecule has 1 saturated heterocycles. The molecule has 1 fully saturated rings. The van der Waals surface area contributed by atoms with Crippen LogP contribution in [-0.4, -0.2) is 35.1 Å². The van der Waals surface area contributed by atoms with Gasteiger partial charge in [-0.25, -0.2) is 0 Å². The average Bonchev–Trinajstić information content (AvgIpc) is 2.70. The Morgan fingerprint density at radius 1 is 1.07 bits per heavy atom. The van der Waals surface area contributed by atoms with Crippen molar-refractivity contribution < 1.29 is 4.79 Å². The first-order valence-corrected chi connectivity index (χ1v) is 10.4. The van der Waals surface area contributed by atoms with E-state index in [1.54, 1.807) is 0 Å². The molecule has 1 aliphatic rings. The molecule has 0 saturated carbocycles. The Hall–Kier alpha value is -2.40. The number of carbonyl (C=O) groups is 1. The van der Waals surface area contributed by atoms with E-state index in [0.29, 0.717) is 6.42 Å². The van der Waals surface area contributed by atoms with Crippen LogP contribution in [0.4, 0.5) is 5.69 Å². The second kappa shape index (κ2) is 9.69. The molecule has 0 radical (unpaired) electrons. The predicted molar refractivity (Wildman–Crippen MR) is 120 cm³/mol. The molecule has 2 N–H and O–H groups in total. The van der Waals surface area contributed by atoms with Gasteiger partial charge in [0.2, 0.25) is 5.91 Å². The lowest BCUT2D eigenvalue weighted by atomic mass is 10.0. The average molecular weight is 396 g/mol. The van der Waals surface area contributed by atoms with Crippen LogP contribution in [0, 0.1) is 13.8 Å². The molecule has 1 amide bonds. The molecule has 1 heterocycles. The van der Waals surface area contributed by atoms with Crippen LogP contribution < -0.4 is 10.6 Å². The Kier molecular flexibility index (Phi) is 7.04. The lowest BCUT2D eigenvalue weighted by Crippen LogP contribution is -2.47. The van der Waals surface area contributed by atoms with Crippen LogP contribution in [0.2, 0.25) is 0 Å². The highest BCUT2D eigenvalue weighted by molar-refractivity contribution is 7.80. The summed E-state index contributed by atoms with van der Waals surface area (Å²) in [6.45, 7) is 5.94. The maximum atomic E-state index is 12.2. The minimum Gasteiger partial charge on any atom is -0.353 e. The molecule has 2 aromatic carbocycles. The topological polar surface area (TPSA) is 44.4 Å². The molecule has 3 rings (SSSR count). The van der Waals surface area contributed by atoms with Crippen molar-refractivity contribution in [2.45, 2.75) is 45.6 Å². The third kappa shape index (κ3) is 5.80. The molecular formula is C23H29N3OS. The monoisotopic (exact) mass is 395 g/mol. The molecule has 28 heavy (non-hydrogen) atoms. The minimum atomic E-state index is 0.137. The fourth-order valence-electron chi connectivity index (χ4n) is 3.45. The van der Waals surface area contributed by atoms with Crippen molar-refractivity contribution in [1.29, 1.82) is 0 Å². The number of rotatable bonds is 5. The van der Waals surface area contributed by atoms with Crippen LogP contribution in [0.15, 0.2) is 48.5 Å². The number of likely N-dealkylation sites (tertiary alicyclic amines) is 1. The van der Waals surface area contributed by atoms with Crippen LogP contribution in [0.1, 0.15) is 36.0 Å². The summed E-state index contributed by atoms with van der Waals surface area (Å²) in [5.41, 5.74) is 4.77. The van der Waals surface area contributed by atoms with Crippen molar-refractivity contribution in [3.8, 4) is 0 Å². The summed E-state index contributed by atoms with van der Waals surface area (Å²) >= 11 is 5.58. The lowest BCUT2D eigenvalue weighted by Gasteiger charge is -2.34. The largest absolute Gasteiger partial charge is 0.353 e. The summed E-state index contributed by atoms with van der Waals surface area (Å²) in [6, 6.07) is 16.7. The van der Waals surface area contributed by atoms with E-state index >= 15 is 0 Å². The molecule has 2 aromatic rings. The van der Waals surface area contributed by atoms with Gasteiger partial charge in [-0.2, -0.15) is 0 Å². The zero-order valence-electron chi connectivity index (χ0n) is 16.7. The number of nitrogens with one attached hydrogen (secondary N) is 2. The third-order valence-corrected chi connectivity index (χ3v) is 5.75. The standard InChI is InChI=1S/C23H29N3OS/c1-17-8-10-21(16-18(17)2)25-23(28)26-14-12-20(13-15-26)24-22(27)11-9-19-6-4-3-5-7-19/h3-8,10,16,20H,9,11-15H2,1-2H3,(H,24,27)(H,25,28). The van der Waals surface area contributed by atoms with E-state index in [2.05, 4.69) is 59.7 Å². The van der Waals surface area contributed by atoms with Crippen molar-refractivity contribution in [3.63, 3.8) is 0 Å². The fraction of sp³-hybridized carbons (Fsp3) is 0.391. The van der Waals surface area contributed by atoms with Gasteiger partial charge in [0.1, 0.15) is 0 Å². The van der Waals surface area contributed by atoms with Gasteiger partial charge in [0.15, 0.2) is 5.11 Å². The first-order valence-electron chi connectivity index (χ1n) is 9.98. The molecule has 0 bridgehead atoms. The maximum Gasteiger partial charge on any atom is 0.220 e. The third-order valence-electron chi connectivity index (χ3n) is 5.39. The second-order valence-corrected chi connectivity index (χ2v) is 7.93. The molecule has 0 atom stereocenters. The van der Waals surface area contributed by atoms with Crippen molar-refractivity contribution in [2.24, 2.45) is 0 Å². The van der Waals surface area contributed by atoms with E-state index in [4.69, 9.17) is 12.2 Å². The fourth-order valence-corrected chi connectivity index (χ4v) is 3.75. The smallest absolute Gasteiger partial charge is 0.220 e. The van der Waals surface area contributed by atoms with Crippen LogP contribution in [0.5, 0.6) is 0 Å². The van der Waals surface area contributed by atoms with E-state index in [1.165, 1.54) is 16.7 Å². The zero-order chi connectivity index (χ0) is 19.9. The Balaban J connectivity index is 1.40. The Labute approximate surface area is 173 Å². The van der Waals surface area contributed by atoms with E-state index in [9.17, 15) is 4.79 Å². The minimum absolute atomic E-state index is 0.137. The van der Waals surface area contributed by atoms with Crippen molar-refractivity contribution in [2.75, 3.05) is 18.4 Å². The highest BCUT2D eigenvalue weighted by Crippen LogP contribution is 2.17. The summed E-state index contributed by atoms with van der Waals surface area (Å²) < 4.78 is 0. The first kappa shape index (κ1) is 20.3. The van der Waals surface area contributed by atoms with Crippen LogP contribution in [-0.2, 0) is 11.2 Å². The number of hydrogen-bond donors (Lipinski definition) is 2. The number of amides is 1. The van der Waals surface area contributed by atoms with Gasteiger partial charge >= 0.3 is 0 Å². The number of thiocarbonyl (C=S) groups is 1. The summed E-state index contributed by atoms with van der Waals surface area (Å²) in [5, 5.41) is 7.29. The summed E-state index contributed by atoms with van der Waals surface area (Å²) in [5.74, 6) is 0.137. The number of anilines is 1. The molecule has 4 nitrogen and oxygen atoms in total. The van der Waals surface area contributed by atoms with Gasteiger partial charge in [0.25, 0.3) is 0 Å². The molecule has 0 aromatic heterocycles. The Morgan fingerprint density at radius 3 is 2.46 bits per heavy atom. The van der Waals surface area contributed by atoms with Gasteiger partial charge < -0.3 is 15.5 Å². The summed E-state index contributed by atoms with van der Waals surface area (Å²) in [7, 11) is 0. The van der Waals surface area contributed by atoms with Gasteiger partial charge in [-0.3, -0.25) is 4.79 Å². The summed E-state index contributed by atoms with van der Waals surface area (Å²) in [4.78, 5) is 14.4. The molecule has 0 aliphatic carbocycles. The van der Waals surface area contributed by atoms with Gasteiger partial charge in [-0.05, 0) is 74.2 Å². The van der Waals surface area contributed by atoms with Gasteiger partial charge in [-0.1, -0.05) is 36.4 Å². The number of benzene rings is 2. The molecule has 0 unspecified atom stereocenters. The number of piperidine rings is 1.